The van der Waals surface area contributed by atoms with Crippen LogP contribution in [0.1, 0.15) is 12.1 Å². The molecule has 7 heteroatoms. The third-order valence-electron chi connectivity index (χ3n) is 1.85. The van der Waals surface area contributed by atoms with Crippen LogP contribution in [0.3, 0.4) is 0 Å². The molecule has 0 unspecified atom stereocenters. The summed E-state index contributed by atoms with van der Waals surface area (Å²) in [5.74, 6) is 1.68. The molecule has 0 amide bonds. The van der Waals surface area contributed by atoms with Gasteiger partial charge in [0.2, 0.25) is 10.0 Å². The van der Waals surface area contributed by atoms with Crippen LogP contribution < -0.4 is 4.72 Å². The van der Waals surface area contributed by atoms with Gasteiger partial charge >= 0.3 is 0 Å². The van der Waals surface area contributed by atoms with Crippen LogP contribution in [0.2, 0.25) is 5.15 Å². The van der Waals surface area contributed by atoms with Crippen LogP contribution in [-0.2, 0) is 15.8 Å². The zero-order valence-corrected chi connectivity index (χ0v) is 11.9. The average Bonchev–Trinajstić information content (AvgIpc) is 2.22. The van der Waals surface area contributed by atoms with Crippen LogP contribution >= 0.6 is 23.4 Å². The molecular formula is C10H15ClN2O2S2. The fourth-order valence-corrected chi connectivity index (χ4v) is 2.70. The van der Waals surface area contributed by atoms with E-state index >= 15 is 0 Å². The van der Waals surface area contributed by atoms with Crippen molar-refractivity contribution < 1.29 is 8.42 Å². The maximum atomic E-state index is 10.8. The van der Waals surface area contributed by atoms with Gasteiger partial charge in [-0.25, -0.2) is 18.1 Å². The molecule has 0 radical (unpaired) electrons. The van der Waals surface area contributed by atoms with E-state index in [1.807, 2.05) is 12.1 Å². The summed E-state index contributed by atoms with van der Waals surface area (Å²) in [6, 6.07) is 5.54. The van der Waals surface area contributed by atoms with Gasteiger partial charge in [0.15, 0.2) is 0 Å². The predicted octanol–water partition coefficient (Wildman–Crippen LogP) is 1.91. The van der Waals surface area contributed by atoms with Gasteiger partial charge in [-0.2, -0.15) is 11.8 Å². The third kappa shape index (κ3) is 7.59. The number of hydrogen-bond acceptors (Lipinski definition) is 4. The molecule has 0 saturated carbocycles. The van der Waals surface area contributed by atoms with Crippen molar-refractivity contribution in [2.75, 3.05) is 18.6 Å². The van der Waals surface area contributed by atoms with Gasteiger partial charge in [0.25, 0.3) is 0 Å². The zero-order valence-electron chi connectivity index (χ0n) is 9.52. The molecule has 0 fully saturated rings. The number of rotatable bonds is 7. The Balaban J connectivity index is 2.13. The highest BCUT2D eigenvalue weighted by molar-refractivity contribution is 7.98. The first-order valence-electron chi connectivity index (χ1n) is 5.11. The van der Waals surface area contributed by atoms with E-state index < -0.39 is 10.0 Å². The number of aromatic nitrogens is 1. The van der Waals surface area contributed by atoms with Crippen molar-refractivity contribution in [3.8, 4) is 0 Å². The summed E-state index contributed by atoms with van der Waals surface area (Å²) < 4.78 is 24.0. The Hall–Kier alpha value is -0.300. The van der Waals surface area contributed by atoms with Gasteiger partial charge in [-0.1, -0.05) is 17.7 Å². The summed E-state index contributed by atoms with van der Waals surface area (Å²) in [6.07, 6.45) is 1.97. The molecule has 4 nitrogen and oxygen atoms in total. The van der Waals surface area contributed by atoms with Gasteiger partial charge in [0, 0.05) is 12.3 Å². The van der Waals surface area contributed by atoms with Gasteiger partial charge in [0.1, 0.15) is 5.15 Å². The highest BCUT2D eigenvalue weighted by Gasteiger charge is 2.00. The Labute approximate surface area is 111 Å². The van der Waals surface area contributed by atoms with Gasteiger partial charge < -0.3 is 0 Å². The molecule has 1 N–H and O–H groups in total. The van der Waals surface area contributed by atoms with E-state index in [0.717, 1.165) is 29.9 Å². The van der Waals surface area contributed by atoms with Crippen molar-refractivity contribution in [2.24, 2.45) is 0 Å². The first kappa shape index (κ1) is 14.8. The summed E-state index contributed by atoms with van der Waals surface area (Å²) >= 11 is 7.47. The second-order valence-electron chi connectivity index (χ2n) is 3.52. The lowest BCUT2D eigenvalue weighted by molar-refractivity contribution is 0.587. The van der Waals surface area contributed by atoms with E-state index in [1.165, 1.54) is 0 Å². The number of halogens is 1. The van der Waals surface area contributed by atoms with Gasteiger partial charge in [-0.05, 0) is 24.3 Å². The average molecular weight is 295 g/mol. The third-order valence-corrected chi connectivity index (χ3v) is 3.87. The van der Waals surface area contributed by atoms with Crippen LogP contribution in [0.25, 0.3) is 0 Å². The molecule has 0 atom stereocenters. The first-order valence-corrected chi connectivity index (χ1v) is 8.53. The van der Waals surface area contributed by atoms with Gasteiger partial charge in [0.05, 0.1) is 11.9 Å². The molecule has 17 heavy (non-hydrogen) atoms. The van der Waals surface area contributed by atoms with Gasteiger partial charge in [-0.15, -0.1) is 0 Å². The highest BCUT2D eigenvalue weighted by Crippen LogP contribution is 2.13. The van der Waals surface area contributed by atoms with E-state index in [-0.39, 0.29) is 0 Å². The summed E-state index contributed by atoms with van der Waals surface area (Å²) in [6.45, 7) is 0.481. The number of thioether (sulfide) groups is 1. The summed E-state index contributed by atoms with van der Waals surface area (Å²) in [7, 11) is -3.06. The van der Waals surface area contributed by atoms with E-state index in [4.69, 9.17) is 11.6 Å². The smallest absolute Gasteiger partial charge is 0.208 e. The van der Waals surface area contributed by atoms with Crippen molar-refractivity contribution in [2.45, 2.75) is 12.2 Å². The Morgan fingerprint density at radius 1 is 1.47 bits per heavy atom. The fourth-order valence-electron chi connectivity index (χ4n) is 1.14. The molecule has 1 rings (SSSR count). The lowest BCUT2D eigenvalue weighted by atomic mass is 10.4. The molecule has 1 aromatic heterocycles. The van der Waals surface area contributed by atoms with Crippen LogP contribution in [-0.4, -0.2) is 32.0 Å². The fraction of sp³-hybridized carbons (Fsp3) is 0.500. The van der Waals surface area contributed by atoms with E-state index in [2.05, 4.69) is 9.71 Å². The number of nitrogens with zero attached hydrogens (tertiary/aromatic N) is 1. The molecule has 0 aliphatic rings. The lowest BCUT2D eigenvalue weighted by Crippen LogP contribution is -2.23. The van der Waals surface area contributed by atoms with Crippen LogP contribution in [0, 0.1) is 0 Å². The topological polar surface area (TPSA) is 59.1 Å². The summed E-state index contributed by atoms with van der Waals surface area (Å²) in [4.78, 5) is 4.16. The van der Waals surface area contributed by atoms with E-state index in [0.29, 0.717) is 11.7 Å². The Bertz CT molecular complexity index is 451. The minimum Gasteiger partial charge on any atom is -0.240 e. The largest absolute Gasteiger partial charge is 0.240 e. The maximum Gasteiger partial charge on any atom is 0.208 e. The van der Waals surface area contributed by atoms with E-state index in [9.17, 15) is 8.42 Å². The Kier molecular flexibility index (Phi) is 6.26. The zero-order chi connectivity index (χ0) is 12.7. The minimum atomic E-state index is -3.06. The standard InChI is InChI=1S/C10H15ClN2O2S2/c1-17(14,15)12-6-3-7-16-8-9-4-2-5-10(11)13-9/h2,4-5,12H,3,6-8H2,1H3. The van der Waals surface area contributed by atoms with Crippen LogP contribution in [0.4, 0.5) is 0 Å². The monoisotopic (exact) mass is 294 g/mol. The van der Waals surface area contributed by atoms with Crippen molar-refractivity contribution >= 4 is 33.4 Å². The quantitative estimate of drug-likeness (QED) is 0.616. The summed E-state index contributed by atoms with van der Waals surface area (Å²) in [5.41, 5.74) is 0.943. The Morgan fingerprint density at radius 2 is 2.24 bits per heavy atom. The Morgan fingerprint density at radius 3 is 2.88 bits per heavy atom. The van der Waals surface area contributed by atoms with Crippen molar-refractivity contribution in [1.29, 1.82) is 0 Å². The number of hydrogen-bond donors (Lipinski definition) is 1. The molecule has 1 aromatic rings. The molecular weight excluding hydrogens is 280 g/mol. The lowest BCUT2D eigenvalue weighted by Gasteiger charge is -2.03. The molecule has 1 heterocycles. The normalized spacial score (nSPS) is 11.6. The van der Waals surface area contributed by atoms with Crippen molar-refractivity contribution in [1.82, 2.24) is 9.71 Å². The molecule has 0 aliphatic carbocycles. The second-order valence-corrected chi connectivity index (χ2v) is 6.85. The highest BCUT2D eigenvalue weighted by atomic mass is 35.5. The molecule has 96 valence electrons. The maximum absolute atomic E-state index is 10.8. The molecule has 0 spiro atoms. The number of pyridine rings is 1. The molecule has 0 aliphatic heterocycles. The first-order chi connectivity index (χ1) is 7.97. The van der Waals surface area contributed by atoms with Crippen molar-refractivity contribution in [3.05, 3.63) is 29.0 Å². The predicted molar refractivity (Wildman–Crippen MR) is 72.9 cm³/mol. The second kappa shape index (κ2) is 7.20. The molecule has 0 bridgehead atoms. The SMILES string of the molecule is CS(=O)(=O)NCCCSCc1cccc(Cl)n1. The molecule has 0 saturated heterocycles. The van der Waals surface area contributed by atoms with Crippen molar-refractivity contribution in [3.63, 3.8) is 0 Å². The summed E-state index contributed by atoms with van der Waals surface area (Å²) in [5, 5.41) is 0.502. The number of nitrogens with one attached hydrogen (secondary N) is 1. The van der Waals surface area contributed by atoms with E-state index in [1.54, 1.807) is 17.8 Å². The van der Waals surface area contributed by atoms with Crippen LogP contribution in [0.5, 0.6) is 0 Å². The molecule has 0 aromatic carbocycles. The van der Waals surface area contributed by atoms with Crippen LogP contribution in [0.15, 0.2) is 18.2 Å². The number of sulfonamides is 1. The van der Waals surface area contributed by atoms with Gasteiger partial charge in [-0.3, -0.25) is 0 Å². The minimum absolute atomic E-state index is 0.481.